The number of nitrogens with one attached hydrogen (secondary N) is 2. The lowest BCUT2D eigenvalue weighted by Gasteiger charge is -2.12. The van der Waals surface area contributed by atoms with Crippen LogP contribution >= 0.6 is 36.0 Å². The lowest BCUT2D eigenvalue weighted by Crippen LogP contribution is -1.98. The molecule has 1 aromatic heterocycles. The Morgan fingerprint density at radius 3 is 1.83 bits per heavy atom. The van der Waals surface area contributed by atoms with E-state index in [0.717, 1.165) is 0 Å². The molecule has 0 amide bonds. The maximum absolute atomic E-state index is 14.2. The van der Waals surface area contributed by atoms with E-state index in [-0.39, 0.29) is 15.8 Å². The summed E-state index contributed by atoms with van der Waals surface area (Å²) in [6, 6.07) is 10.4. The number of benzene rings is 2. The number of H-pyrrole nitrogens is 2. The molecule has 2 aromatic carbocycles. The molecule has 0 spiro atoms. The quantitative estimate of drug-likeness (QED) is 0.539. The highest BCUT2D eigenvalue weighted by atomic mass is 35.5. The molecule has 0 saturated heterocycles. The van der Waals surface area contributed by atoms with Crippen molar-refractivity contribution in [3.8, 4) is 22.3 Å². The van der Waals surface area contributed by atoms with Crippen LogP contribution in [0.4, 0.5) is 8.78 Å². The second kappa shape index (κ2) is 6.31. The Morgan fingerprint density at radius 2 is 1.26 bits per heavy atom. The van der Waals surface area contributed by atoms with Crippen LogP contribution in [0.15, 0.2) is 42.5 Å². The zero-order valence-electron chi connectivity index (χ0n) is 11.5. The third-order valence-electron chi connectivity index (χ3n) is 3.34. The van der Waals surface area contributed by atoms with Crippen LogP contribution in [-0.2, 0) is 0 Å². The average molecular weight is 367 g/mol. The van der Waals surface area contributed by atoms with Gasteiger partial charge in [-0.25, -0.2) is 8.78 Å². The molecule has 2 N–H and O–H groups in total. The van der Waals surface area contributed by atoms with Crippen LogP contribution in [0.1, 0.15) is 0 Å². The van der Waals surface area contributed by atoms with Crippen LogP contribution in [-0.4, -0.2) is 10.2 Å². The van der Waals surface area contributed by atoms with Crippen LogP contribution in [0.5, 0.6) is 0 Å². The van der Waals surface area contributed by atoms with E-state index in [1.807, 2.05) is 0 Å². The molecule has 0 aliphatic heterocycles. The predicted octanol–water partition coefficient (Wildman–Crippen LogP) is 6.07. The van der Waals surface area contributed by atoms with E-state index in [4.69, 9.17) is 36.0 Å². The summed E-state index contributed by atoms with van der Waals surface area (Å²) < 4.78 is 28.9. The Bertz CT molecular complexity index is 974. The SMILES string of the molecule is Fc1cccc(F)c1-c1c(-c2ccc(Cl)cc2)c(=S)[nH][nH]c1=S. The Balaban J connectivity index is 2.43. The van der Waals surface area contributed by atoms with Crippen molar-refractivity contribution in [3.63, 3.8) is 0 Å². The fraction of sp³-hybridized carbons (Fsp3) is 0. The van der Waals surface area contributed by atoms with Crippen molar-refractivity contribution in [3.05, 3.63) is 68.4 Å². The van der Waals surface area contributed by atoms with Crippen molar-refractivity contribution in [1.82, 2.24) is 10.2 Å². The summed E-state index contributed by atoms with van der Waals surface area (Å²) in [5.41, 5.74) is 1.11. The zero-order chi connectivity index (χ0) is 16.6. The third-order valence-corrected chi connectivity index (χ3v) is 4.20. The van der Waals surface area contributed by atoms with Crippen molar-refractivity contribution in [1.29, 1.82) is 0 Å². The molecule has 0 fully saturated rings. The molecule has 7 heteroatoms. The minimum absolute atomic E-state index is 0.160. The highest BCUT2D eigenvalue weighted by Crippen LogP contribution is 2.36. The van der Waals surface area contributed by atoms with Gasteiger partial charge in [0.2, 0.25) is 0 Å². The van der Waals surface area contributed by atoms with E-state index in [2.05, 4.69) is 10.2 Å². The van der Waals surface area contributed by atoms with E-state index < -0.39 is 11.6 Å². The fourth-order valence-corrected chi connectivity index (χ4v) is 2.98. The molecule has 3 aromatic rings. The molecule has 0 atom stereocenters. The van der Waals surface area contributed by atoms with Crippen molar-refractivity contribution < 1.29 is 8.78 Å². The highest BCUT2D eigenvalue weighted by molar-refractivity contribution is 7.72. The Morgan fingerprint density at radius 1 is 0.739 bits per heavy atom. The van der Waals surface area contributed by atoms with E-state index in [0.29, 0.717) is 20.8 Å². The van der Waals surface area contributed by atoms with Gasteiger partial charge in [0.15, 0.2) is 0 Å². The van der Waals surface area contributed by atoms with E-state index in [1.54, 1.807) is 24.3 Å². The number of rotatable bonds is 2. The normalized spacial score (nSPS) is 10.7. The van der Waals surface area contributed by atoms with E-state index in [9.17, 15) is 8.78 Å². The molecule has 1 heterocycles. The predicted molar refractivity (Wildman–Crippen MR) is 92.6 cm³/mol. The van der Waals surface area contributed by atoms with Crippen molar-refractivity contribution >= 4 is 36.0 Å². The molecule has 0 radical (unpaired) electrons. The monoisotopic (exact) mass is 366 g/mol. The smallest absolute Gasteiger partial charge is 0.134 e. The first-order chi connectivity index (χ1) is 11.0. The van der Waals surface area contributed by atoms with Gasteiger partial charge in [-0.3, -0.25) is 10.2 Å². The molecule has 0 unspecified atom stereocenters. The molecule has 0 bridgehead atoms. The van der Waals surface area contributed by atoms with Crippen molar-refractivity contribution in [2.45, 2.75) is 0 Å². The van der Waals surface area contributed by atoms with E-state index in [1.165, 1.54) is 18.2 Å². The Kier molecular flexibility index (Phi) is 4.39. The molecule has 0 saturated carbocycles. The lowest BCUT2D eigenvalue weighted by atomic mass is 9.97. The number of aromatic amines is 2. The van der Waals surface area contributed by atoms with Gasteiger partial charge in [0.25, 0.3) is 0 Å². The number of aromatic nitrogens is 2. The van der Waals surface area contributed by atoms with Crippen LogP contribution in [0.25, 0.3) is 22.3 Å². The summed E-state index contributed by atoms with van der Waals surface area (Å²) in [4.78, 5) is 0. The maximum Gasteiger partial charge on any atom is 0.134 e. The third kappa shape index (κ3) is 2.97. The molecular formula is C16H9ClF2N2S2. The van der Waals surface area contributed by atoms with Gasteiger partial charge in [-0.15, -0.1) is 0 Å². The van der Waals surface area contributed by atoms with Gasteiger partial charge in [-0.2, -0.15) is 0 Å². The van der Waals surface area contributed by atoms with Crippen LogP contribution < -0.4 is 0 Å². The lowest BCUT2D eigenvalue weighted by molar-refractivity contribution is 0.589. The summed E-state index contributed by atoms with van der Waals surface area (Å²) >= 11 is 16.4. The first kappa shape index (κ1) is 16.0. The summed E-state index contributed by atoms with van der Waals surface area (Å²) in [5, 5.41) is 5.95. The van der Waals surface area contributed by atoms with Crippen LogP contribution in [0, 0.1) is 20.9 Å². The van der Waals surface area contributed by atoms with Gasteiger partial charge >= 0.3 is 0 Å². The van der Waals surface area contributed by atoms with Gasteiger partial charge < -0.3 is 0 Å². The number of hydrogen-bond acceptors (Lipinski definition) is 2. The van der Waals surface area contributed by atoms with Gasteiger partial charge in [0, 0.05) is 16.1 Å². The highest BCUT2D eigenvalue weighted by Gasteiger charge is 2.19. The minimum atomic E-state index is -0.708. The van der Waals surface area contributed by atoms with Crippen molar-refractivity contribution in [2.24, 2.45) is 0 Å². The Labute approximate surface area is 145 Å². The van der Waals surface area contributed by atoms with Gasteiger partial charge in [-0.05, 0) is 29.8 Å². The summed E-state index contributed by atoms with van der Waals surface area (Å²) in [6.07, 6.45) is 0. The van der Waals surface area contributed by atoms with E-state index >= 15 is 0 Å². The topological polar surface area (TPSA) is 31.6 Å². The van der Waals surface area contributed by atoms with Gasteiger partial charge in [0.05, 0.1) is 5.56 Å². The Hall–Kier alpha value is -1.89. The van der Waals surface area contributed by atoms with Crippen LogP contribution in [0.2, 0.25) is 5.02 Å². The maximum atomic E-state index is 14.2. The molecule has 23 heavy (non-hydrogen) atoms. The standard InChI is InChI=1S/C16H9ClF2N2S2/c17-9-6-4-8(5-7-9)12-14(16(23)21-20-15(12)22)13-10(18)2-1-3-11(13)19/h1-7H,(H,20,22)(H,21,23). The van der Waals surface area contributed by atoms with Crippen molar-refractivity contribution in [2.75, 3.05) is 0 Å². The molecule has 0 aliphatic rings. The first-order valence-corrected chi connectivity index (χ1v) is 7.74. The fourth-order valence-electron chi connectivity index (χ4n) is 2.33. The molecule has 3 rings (SSSR count). The summed E-state index contributed by atoms with van der Waals surface area (Å²) in [5.74, 6) is -1.42. The molecular weight excluding hydrogens is 358 g/mol. The van der Waals surface area contributed by atoms with Gasteiger partial charge in [-0.1, -0.05) is 54.2 Å². The second-order valence-electron chi connectivity index (χ2n) is 4.76. The average Bonchev–Trinajstić information content (AvgIpc) is 2.52. The molecule has 2 nitrogen and oxygen atoms in total. The number of halogens is 3. The largest absolute Gasteiger partial charge is 0.289 e. The van der Waals surface area contributed by atoms with Gasteiger partial charge in [0.1, 0.15) is 20.9 Å². The zero-order valence-corrected chi connectivity index (χ0v) is 13.9. The van der Waals surface area contributed by atoms with Crippen LogP contribution in [0.3, 0.4) is 0 Å². The summed E-state index contributed by atoms with van der Waals surface area (Å²) in [7, 11) is 0. The summed E-state index contributed by atoms with van der Waals surface area (Å²) in [6.45, 7) is 0. The minimum Gasteiger partial charge on any atom is -0.289 e. The first-order valence-electron chi connectivity index (χ1n) is 6.54. The molecule has 0 aliphatic carbocycles. The number of hydrogen-bond donors (Lipinski definition) is 2. The molecule has 116 valence electrons. The second-order valence-corrected chi connectivity index (χ2v) is 6.01.